The molecule has 2 aromatic carbocycles. The van der Waals surface area contributed by atoms with Gasteiger partial charge in [0.1, 0.15) is 88.7 Å². The van der Waals surface area contributed by atoms with Crippen LogP contribution in [0.5, 0.6) is 0 Å². The summed E-state index contributed by atoms with van der Waals surface area (Å²) in [4.78, 5) is 102. The largest absolute Gasteiger partial charge is 0.408 e. The predicted octanol–water partition coefficient (Wildman–Crippen LogP) is 12.0. The Hall–Kier alpha value is -7.33. The molecule has 2 amide bonds. The zero-order valence-electron chi connectivity index (χ0n) is 74.5. The highest BCUT2D eigenvalue weighted by Crippen LogP contribution is 2.69. The molecule has 8 saturated heterocycles. The van der Waals surface area contributed by atoms with Crippen LogP contribution in [0.15, 0.2) is 109 Å². The number of carbonyl (C=O) groups excluding carboxylic acids is 2. The number of hydrogen-bond acceptors (Lipinski definition) is 23. The molecule has 121 heavy (non-hydrogen) atoms. The maximum atomic E-state index is 13.2. The number of rotatable bonds is 18. The monoisotopic (exact) mass is 1720 g/mol. The number of carbonyl (C=O) groups is 2. The van der Waals surface area contributed by atoms with Crippen molar-refractivity contribution in [1.82, 2.24) is 38.2 Å². The van der Waals surface area contributed by atoms with Gasteiger partial charge in [0.2, 0.25) is 0 Å². The first kappa shape index (κ1) is 88.5. The molecule has 8 aliphatic heterocycles. The summed E-state index contributed by atoms with van der Waals surface area (Å²) in [6.07, 6.45) is 9.25. The van der Waals surface area contributed by atoms with Gasteiger partial charge in [-0.3, -0.25) is 37.6 Å². The molecule has 6 N–H and O–H groups in total. The number of nitrogens with one attached hydrogen (secondary N) is 3. The first-order valence-electron chi connectivity index (χ1n) is 42.7. The average Bonchev–Trinajstić information content (AvgIpc) is 1.53. The lowest BCUT2D eigenvalue weighted by Crippen LogP contribution is -2.54. The Labute approximate surface area is 709 Å². The summed E-state index contributed by atoms with van der Waals surface area (Å²) < 4.78 is 77.5. The van der Waals surface area contributed by atoms with Gasteiger partial charge in [-0.15, -0.1) is 0 Å². The molecule has 0 spiro atoms. The number of hydrogen-bond donors (Lipinski definition) is 5. The summed E-state index contributed by atoms with van der Waals surface area (Å²) in [7, 11) is -6.28. The van der Waals surface area contributed by atoms with Crippen molar-refractivity contribution >= 4 is 54.2 Å². The van der Waals surface area contributed by atoms with Crippen LogP contribution in [0.3, 0.4) is 0 Å². The van der Waals surface area contributed by atoms with Gasteiger partial charge in [0.05, 0.1) is 26.4 Å². The minimum absolute atomic E-state index is 0.00955. The van der Waals surface area contributed by atoms with Crippen molar-refractivity contribution in [3.05, 3.63) is 171 Å². The Morgan fingerprint density at radius 1 is 0.446 bits per heavy atom. The van der Waals surface area contributed by atoms with E-state index in [0.29, 0.717) is 54.2 Å². The highest BCUT2D eigenvalue weighted by molar-refractivity contribution is 6.75. The van der Waals surface area contributed by atoms with E-state index in [1.807, 2.05) is 26.0 Å². The standard InChI is InChI=1S/C27H37N3O5Si.C21H23N3O5.C20H33N3O4Si.C20H32N2O5Si/c1-17-15-30(24(32)29-21(17)28-22(31)18-11-9-8-10-12-18)23-19-20(35-36(6,7)25(2,3)4)27(34-23,16-33-19)26(5)13-14-26;1-12-10-24(18-14-15(25)21(29-18,11-28-14)20(2)8-9-20)19(27)23-16(12)22-17(26)13-6-4-3-5-7-13;1-12-10-23(17(24)22-15(12)21)16-13-14(27-28(6,7)18(2,3)4)20(26-16,11-25-13)19(5)8-9-19;1-12-10-22(17(24)21-15(12)23)16-13-14(27-28(6,7)18(2,3)4)20(26-16,11-25-13)19(5)8-9-19/h8-12,15,19-20,23H,13-14,16H2,1-7H3,(H,28,29,31,32);3-7,10,14-15,18,25H,8-9,11H2,1-2H3,(H,22,23,26,27);10,13-14,16H,8-9,11H2,1-7H3,(H2,21,22,24);10,13-14,16H,8-9,11H2,1-7H3,(H,21,23,24)/t19-,20?,23+,27-;14-,15?,18+,21-;2*13-,14?,16+,20-/m0000/s1. The Bertz CT molecular complexity index is 5330. The second-order valence-corrected chi connectivity index (χ2v) is 56.1. The van der Waals surface area contributed by atoms with Crippen molar-refractivity contribution in [3.63, 3.8) is 0 Å². The molecule has 4 aromatic heterocycles. The van der Waals surface area contributed by atoms with E-state index in [1.54, 1.807) is 87.2 Å². The third kappa shape index (κ3) is 15.1. The molecule has 0 radical (unpaired) electrons. The van der Waals surface area contributed by atoms with Gasteiger partial charge in [-0.1, -0.05) is 126 Å². The zero-order valence-corrected chi connectivity index (χ0v) is 77.5. The van der Waals surface area contributed by atoms with Crippen molar-refractivity contribution in [2.24, 2.45) is 21.7 Å². The summed E-state index contributed by atoms with van der Waals surface area (Å²) in [5.41, 5.74) is 4.35. The Morgan fingerprint density at radius 2 is 0.736 bits per heavy atom. The molecule has 4 aliphatic carbocycles. The number of aliphatic hydroxyl groups excluding tert-OH is 1. The SMILES string of the molecule is Cc1cn([C@@H]2O[C@@]3(C4(C)CC4)CO[C@H]2C3O)c(=O)nc1NC(=O)c1ccccc1.Cc1cn([C@@H]2O[C@@]3(C4(C)CC4)CO[C@H]2C3O[Si](C)(C)C(C)(C)C)c(=O)[nH]c1=O.Cc1cn([C@@H]2O[C@@]3(C4(C)CC4)CO[C@H]2C3O[Si](C)(C)C(C)(C)C)c(=O)nc1N.Cc1cn([C@@H]2O[C@@]3(C4(C)CC4)CO[C@H]2C3O[Si](C)(C)C(C)(C)C)c(=O)nc1NC(=O)c1ccccc1. The lowest BCUT2D eigenvalue weighted by molar-refractivity contribution is -0.198. The number of anilines is 3. The first-order valence-corrected chi connectivity index (χ1v) is 51.5. The number of aryl methyl sites for hydroxylation is 4. The van der Waals surface area contributed by atoms with Gasteiger partial charge in [-0.05, 0) is 158 Å². The zero-order chi connectivity index (χ0) is 87.9. The first-order chi connectivity index (χ1) is 56.2. The normalized spacial score (nSPS) is 31.9. The van der Waals surface area contributed by atoms with E-state index in [4.69, 9.17) is 56.9 Å². The second-order valence-electron chi connectivity index (χ2n) is 41.8. The molecular weight excluding hydrogens is 1600 g/mol. The number of ether oxygens (including phenoxy) is 8. The Balaban J connectivity index is 0.000000126. The maximum Gasteiger partial charge on any atom is 0.351 e. The van der Waals surface area contributed by atoms with Crippen LogP contribution in [0.25, 0.3) is 0 Å². The molecule has 658 valence electrons. The number of nitrogen functional groups attached to an aromatic ring is 1. The number of fused-ring (bicyclic) bond motifs is 8. The Kier molecular flexibility index (Phi) is 22.1. The van der Waals surface area contributed by atoms with Gasteiger partial charge < -0.3 is 72.6 Å². The van der Waals surface area contributed by atoms with Crippen LogP contribution >= 0.6 is 0 Å². The van der Waals surface area contributed by atoms with Crippen molar-refractivity contribution in [2.75, 3.05) is 42.8 Å². The Morgan fingerprint density at radius 3 is 1.08 bits per heavy atom. The number of amides is 2. The number of H-pyrrole nitrogens is 1. The fourth-order valence-electron chi connectivity index (χ4n) is 17.8. The maximum absolute atomic E-state index is 13.2. The van der Waals surface area contributed by atoms with Crippen LogP contribution in [0.4, 0.5) is 17.5 Å². The van der Waals surface area contributed by atoms with E-state index < -0.39 is 113 Å². The third-order valence-corrected chi connectivity index (χ3v) is 43.8. The van der Waals surface area contributed by atoms with Crippen LogP contribution in [-0.4, -0.2) is 178 Å². The summed E-state index contributed by atoms with van der Waals surface area (Å²) in [6.45, 7) is 51.2. The number of aromatic nitrogens is 8. The molecule has 8 bridgehead atoms. The fraction of sp³-hybridized carbons (Fsp3) is 0.659. The van der Waals surface area contributed by atoms with E-state index in [0.717, 1.165) is 56.9 Å². The van der Waals surface area contributed by atoms with E-state index in [1.165, 1.54) is 18.3 Å². The molecule has 6 aromatic rings. The van der Waals surface area contributed by atoms with Crippen LogP contribution in [0, 0.1) is 49.4 Å². The summed E-state index contributed by atoms with van der Waals surface area (Å²) >= 11 is 0. The summed E-state index contributed by atoms with van der Waals surface area (Å²) in [5, 5.41) is 16.4. The second kappa shape index (κ2) is 30.2. The minimum Gasteiger partial charge on any atom is -0.408 e. The van der Waals surface area contributed by atoms with E-state index in [-0.39, 0.29) is 102 Å². The van der Waals surface area contributed by atoms with Crippen molar-refractivity contribution in [1.29, 1.82) is 0 Å². The highest BCUT2D eigenvalue weighted by Gasteiger charge is 2.78. The highest BCUT2D eigenvalue weighted by atomic mass is 28.4. The van der Waals surface area contributed by atoms with Gasteiger partial charge in [0.15, 0.2) is 49.9 Å². The van der Waals surface area contributed by atoms with Crippen molar-refractivity contribution < 1.29 is 65.9 Å². The number of aromatic amines is 1. The summed E-state index contributed by atoms with van der Waals surface area (Å²) in [5.74, 6) is 0.0455. The molecule has 12 aliphatic rings. The van der Waals surface area contributed by atoms with Crippen molar-refractivity contribution in [2.45, 2.75) is 320 Å². The lowest BCUT2D eigenvalue weighted by Gasteiger charge is -2.43. The van der Waals surface area contributed by atoms with E-state index in [2.05, 4.69) is 160 Å². The van der Waals surface area contributed by atoms with Gasteiger partial charge in [-0.25, -0.2) is 19.2 Å². The van der Waals surface area contributed by atoms with Crippen LogP contribution in [0.1, 0.15) is 209 Å². The van der Waals surface area contributed by atoms with Crippen molar-refractivity contribution in [3.8, 4) is 0 Å². The molecule has 4 unspecified atom stereocenters. The molecule has 12 fully saturated rings. The molecule has 12 heterocycles. The molecule has 33 heteroatoms. The van der Waals surface area contributed by atoms with E-state index in [9.17, 15) is 38.7 Å². The quantitative estimate of drug-likeness (QED) is 0.0499. The van der Waals surface area contributed by atoms with Gasteiger partial charge in [0, 0.05) is 79.8 Å². The smallest absolute Gasteiger partial charge is 0.351 e. The van der Waals surface area contributed by atoms with Gasteiger partial charge in [-0.2, -0.15) is 15.0 Å². The lowest BCUT2D eigenvalue weighted by atomic mass is 9.83. The third-order valence-electron chi connectivity index (χ3n) is 30.5. The number of nitrogens with two attached hydrogens (primary N) is 1. The number of benzene rings is 2. The number of aliphatic hydroxyl groups is 1. The van der Waals surface area contributed by atoms with Gasteiger partial charge in [0.25, 0.3) is 17.4 Å². The predicted molar refractivity (Wildman–Crippen MR) is 461 cm³/mol. The number of nitrogens with zero attached hydrogens (tertiary/aromatic N) is 7. The van der Waals surface area contributed by atoms with Gasteiger partial charge >= 0.3 is 22.8 Å². The molecule has 30 nitrogen and oxygen atoms in total. The minimum atomic E-state index is -2.14. The van der Waals surface area contributed by atoms with Crippen LogP contribution in [-0.2, 0) is 51.2 Å². The topological polar surface area (TPSA) is 366 Å². The molecule has 4 saturated carbocycles. The van der Waals surface area contributed by atoms with E-state index >= 15 is 0 Å². The van der Waals surface area contributed by atoms with Crippen LogP contribution in [0.2, 0.25) is 54.4 Å². The summed E-state index contributed by atoms with van der Waals surface area (Å²) in [6, 6.07) is 17.6. The fourth-order valence-corrected chi connectivity index (χ4v) is 21.8. The molecule has 18 rings (SSSR count). The molecule has 16 atom stereocenters. The van der Waals surface area contributed by atoms with Crippen LogP contribution < -0.4 is 44.7 Å². The average molecular weight is 1730 g/mol. The molecular formula is C88H125N11O19Si3.